The van der Waals surface area contributed by atoms with Crippen LogP contribution in [0.1, 0.15) is 10.4 Å². The molecule has 0 saturated heterocycles. The summed E-state index contributed by atoms with van der Waals surface area (Å²) in [5, 5.41) is 13.3. The van der Waals surface area contributed by atoms with E-state index in [-0.39, 0.29) is 5.91 Å². The van der Waals surface area contributed by atoms with Gasteiger partial charge in [-0.15, -0.1) is 10.2 Å². The monoisotopic (exact) mass is 335 g/mol. The number of nitrogens with one attached hydrogen (secondary N) is 1. The third-order valence-electron chi connectivity index (χ3n) is 3.71. The number of benzene rings is 1. The highest BCUT2D eigenvalue weighted by atomic mass is 32.1. The van der Waals surface area contributed by atoms with Crippen molar-refractivity contribution in [3.05, 3.63) is 60.6 Å². The molecule has 0 bridgehead atoms. The van der Waals surface area contributed by atoms with E-state index in [0.717, 1.165) is 21.5 Å². The van der Waals surface area contributed by atoms with Crippen LogP contribution in [0, 0.1) is 0 Å². The molecule has 3 aromatic heterocycles. The van der Waals surface area contributed by atoms with Crippen LogP contribution in [0.5, 0.6) is 0 Å². The number of hydrogen-bond acceptors (Lipinski definition) is 5. The normalized spacial score (nSPS) is 10.9. The number of carbonyl (C=O) groups excluding carboxylic acids is 1. The van der Waals surface area contributed by atoms with Gasteiger partial charge in [0.25, 0.3) is 5.91 Å². The Kier molecular flexibility index (Phi) is 3.55. The molecule has 0 radical (unpaired) electrons. The molecule has 4 rings (SSSR count). The zero-order chi connectivity index (χ0) is 16.5. The molecule has 0 aliphatic carbocycles. The van der Waals surface area contributed by atoms with Gasteiger partial charge in [-0.1, -0.05) is 23.5 Å². The highest BCUT2D eigenvalue weighted by Crippen LogP contribution is 2.27. The van der Waals surface area contributed by atoms with Gasteiger partial charge >= 0.3 is 0 Å². The van der Waals surface area contributed by atoms with Gasteiger partial charge in [-0.25, -0.2) is 0 Å². The quantitative estimate of drug-likeness (QED) is 0.623. The molecule has 7 heteroatoms. The fourth-order valence-electron chi connectivity index (χ4n) is 2.59. The molecule has 4 aromatic rings. The number of para-hydroxylation sites is 1. The third kappa shape index (κ3) is 2.55. The van der Waals surface area contributed by atoms with E-state index in [9.17, 15) is 4.79 Å². The number of carbonyl (C=O) groups is 1. The molecule has 0 saturated carbocycles. The lowest BCUT2D eigenvalue weighted by Gasteiger charge is -2.05. The maximum absolute atomic E-state index is 12.6. The number of fused-ring (bicyclic) bond motifs is 1. The Bertz CT molecular complexity index is 1020. The number of pyridine rings is 1. The Hall–Kier alpha value is -3.06. The van der Waals surface area contributed by atoms with Gasteiger partial charge in [-0.3, -0.25) is 15.1 Å². The molecule has 0 unspecified atom stereocenters. The molecule has 1 amide bonds. The van der Waals surface area contributed by atoms with Crippen molar-refractivity contribution in [3.8, 4) is 10.6 Å². The number of rotatable bonds is 3. The summed E-state index contributed by atoms with van der Waals surface area (Å²) in [6, 6.07) is 11.4. The first-order valence-corrected chi connectivity index (χ1v) is 8.13. The zero-order valence-corrected chi connectivity index (χ0v) is 13.6. The van der Waals surface area contributed by atoms with E-state index in [1.807, 2.05) is 54.2 Å². The molecule has 0 fully saturated rings. The minimum absolute atomic E-state index is 0.195. The predicted octanol–water partition coefficient (Wildman–Crippen LogP) is 3.34. The molecular weight excluding hydrogens is 322 g/mol. The average molecular weight is 335 g/mol. The Morgan fingerprint density at radius 2 is 1.96 bits per heavy atom. The highest BCUT2D eigenvalue weighted by Gasteiger charge is 2.15. The number of hydrogen-bond donors (Lipinski definition) is 1. The summed E-state index contributed by atoms with van der Waals surface area (Å²) in [5.41, 5.74) is 2.43. The Morgan fingerprint density at radius 1 is 1.12 bits per heavy atom. The van der Waals surface area contributed by atoms with Gasteiger partial charge in [0.2, 0.25) is 5.13 Å². The van der Waals surface area contributed by atoms with Gasteiger partial charge in [0.05, 0.1) is 11.1 Å². The smallest absolute Gasteiger partial charge is 0.259 e. The first kappa shape index (κ1) is 14.5. The summed E-state index contributed by atoms with van der Waals surface area (Å²) >= 11 is 1.33. The fraction of sp³-hybridized carbons (Fsp3) is 0.0588. The zero-order valence-electron chi connectivity index (χ0n) is 12.8. The van der Waals surface area contributed by atoms with Gasteiger partial charge in [0.15, 0.2) is 0 Å². The number of nitrogens with zero attached hydrogens (tertiary/aromatic N) is 4. The molecule has 24 heavy (non-hydrogen) atoms. The molecule has 0 aliphatic rings. The van der Waals surface area contributed by atoms with Crippen LogP contribution in [-0.2, 0) is 7.05 Å². The lowest BCUT2D eigenvalue weighted by atomic mass is 10.1. The van der Waals surface area contributed by atoms with Crippen LogP contribution in [0.4, 0.5) is 5.13 Å². The third-order valence-corrected chi connectivity index (χ3v) is 4.60. The molecule has 0 aliphatic heterocycles. The second-order valence-electron chi connectivity index (χ2n) is 5.27. The molecule has 0 spiro atoms. The molecule has 1 aromatic carbocycles. The van der Waals surface area contributed by atoms with E-state index in [0.29, 0.717) is 10.7 Å². The van der Waals surface area contributed by atoms with E-state index in [1.165, 1.54) is 11.3 Å². The number of amides is 1. The molecule has 1 N–H and O–H groups in total. The molecule has 118 valence electrons. The minimum Gasteiger partial charge on any atom is -0.350 e. The van der Waals surface area contributed by atoms with Gasteiger partial charge in [-0.05, 0) is 24.3 Å². The number of anilines is 1. The van der Waals surface area contributed by atoms with Crippen molar-refractivity contribution in [2.24, 2.45) is 7.05 Å². The maximum atomic E-state index is 12.6. The topological polar surface area (TPSA) is 72.7 Å². The van der Waals surface area contributed by atoms with E-state index in [2.05, 4.69) is 20.5 Å². The number of aromatic nitrogens is 4. The van der Waals surface area contributed by atoms with Crippen molar-refractivity contribution in [2.45, 2.75) is 0 Å². The van der Waals surface area contributed by atoms with Gasteiger partial charge in [0.1, 0.15) is 5.01 Å². The number of aryl methyl sites for hydroxylation is 1. The first-order valence-electron chi connectivity index (χ1n) is 7.32. The van der Waals surface area contributed by atoms with Crippen LogP contribution < -0.4 is 5.32 Å². The van der Waals surface area contributed by atoms with Crippen molar-refractivity contribution >= 4 is 33.3 Å². The van der Waals surface area contributed by atoms with Crippen LogP contribution >= 0.6 is 11.3 Å². The van der Waals surface area contributed by atoms with Crippen LogP contribution in [0.25, 0.3) is 21.5 Å². The second-order valence-corrected chi connectivity index (χ2v) is 6.25. The molecular formula is C17H13N5OS. The summed E-state index contributed by atoms with van der Waals surface area (Å²) < 4.78 is 1.94. The van der Waals surface area contributed by atoms with Gasteiger partial charge < -0.3 is 4.57 Å². The highest BCUT2D eigenvalue weighted by molar-refractivity contribution is 7.18. The van der Waals surface area contributed by atoms with Crippen molar-refractivity contribution < 1.29 is 4.79 Å². The van der Waals surface area contributed by atoms with Crippen LogP contribution in [0.15, 0.2) is 55.0 Å². The van der Waals surface area contributed by atoms with Crippen molar-refractivity contribution in [1.82, 2.24) is 19.7 Å². The largest absolute Gasteiger partial charge is 0.350 e. The predicted molar refractivity (Wildman–Crippen MR) is 94.0 cm³/mol. The molecule has 6 nitrogen and oxygen atoms in total. The molecule has 0 atom stereocenters. The van der Waals surface area contributed by atoms with E-state index >= 15 is 0 Å². The SMILES string of the molecule is Cn1ccc2cccc(C(=O)Nc3nnc(-c4ccncc4)s3)c21. The summed E-state index contributed by atoms with van der Waals surface area (Å²) in [6.45, 7) is 0. The van der Waals surface area contributed by atoms with Crippen LogP contribution in [0.3, 0.4) is 0 Å². The van der Waals surface area contributed by atoms with Crippen molar-refractivity contribution in [1.29, 1.82) is 0 Å². The Balaban J connectivity index is 1.63. The van der Waals surface area contributed by atoms with E-state index in [1.54, 1.807) is 12.4 Å². The standard InChI is InChI=1S/C17H13N5OS/c1-22-10-7-11-3-2-4-13(14(11)22)15(23)19-17-21-20-16(24-17)12-5-8-18-9-6-12/h2-10H,1H3,(H,19,21,23). The van der Waals surface area contributed by atoms with Crippen LogP contribution in [-0.4, -0.2) is 25.7 Å². The fourth-order valence-corrected chi connectivity index (χ4v) is 3.33. The summed E-state index contributed by atoms with van der Waals surface area (Å²) in [6.07, 6.45) is 5.34. The maximum Gasteiger partial charge on any atom is 0.259 e. The van der Waals surface area contributed by atoms with Crippen LogP contribution in [0.2, 0.25) is 0 Å². The Labute approximate surface area is 141 Å². The summed E-state index contributed by atoms with van der Waals surface area (Å²) in [5.74, 6) is -0.195. The average Bonchev–Trinajstić information content (AvgIpc) is 3.23. The van der Waals surface area contributed by atoms with E-state index < -0.39 is 0 Å². The minimum atomic E-state index is -0.195. The molecule has 3 heterocycles. The summed E-state index contributed by atoms with van der Waals surface area (Å²) in [7, 11) is 1.92. The summed E-state index contributed by atoms with van der Waals surface area (Å²) in [4.78, 5) is 16.6. The van der Waals surface area contributed by atoms with Crippen molar-refractivity contribution in [2.75, 3.05) is 5.32 Å². The Morgan fingerprint density at radius 3 is 2.79 bits per heavy atom. The first-order chi connectivity index (χ1) is 11.7. The lowest BCUT2D eigenvalue weighted by molar-refractivity contribution is 0.102. The second kappa shape index (κ2) is 5.86. The van der Waals surface area contributed by atoms with Crippen molar-refractivity contribution in [3.63, 3.8) is 0 Å². The van der Waals surface area contributed by atoms with Gasteiger partial charge in [0, 0.05) is 36.6 Å². The van der Waals surface area contributed by atoms with E-state index in [4.69, 9.17) is 0 Å². The lowest BCUT2D eigenvalue weighted by Crippen LogP contribution is -2.13. The van der Waals surface area contributed by atoms with Gasteiger partial charge in [-0.2, -0.15) is 0 Å².